The molecule has 0 amide bonds. The zero-order chi connectivity index (χ0) is 14.1. The van der Waals surface area contributed by atoms with Crippen molar-refractivity contribution in [3.05, 3.63) is 29.0 Å². The maximum absolute atomic E-state index is 9.75. The summed E-state index contributed by atoms with van der Waals surface area (Å²) in [6.45, 7) is 3.04. The molecule has 1 aromatic heterocycles. The van der Waals surface area contributed by atoms with Crippen LogP contribution in [0, 0.1) is 5.92 Å². The summed E-state index contributed by atoms with van der Waals surface area (Å²) in [6.07, 6.45) is -0.248. The second kappa shape index (κ2) is 5.69. The van der Waals surface area contributed by atoms with E-state index in [0.717, 1.165) is 35.0 Å². The molecule has 3 rings (SSSR count). The Hall–Kier alpha value is -1.14. The number of β-amino-alcohol motifs (C(OH)–C–C–N with tert-alkyl or cyclic N) is 1. The zero-order valence-electron chi connectivity index (χ0n) is 11.4. The summed E-state index contributed by atoms with van der Waals surface area (Å²) in [5.41, 5.74) is 1.99. The molecule has 2 unspecified atom stereocenters. The third-order valence-electron chi connectivity index (χ3n) is 3.93. The van der Waals surface area contributed by atoms with E-state index < -0.39 is 0 Å². The van der Waals surface area contributed by atoms with Crippen LogP contribution in [0.3, 0.4) is 0 Å². The van der Waals surface area contributed by atoms with Crippen molar-refractivity contribution < 1.29 is 5.11 Å². The van der Waals surface area contributed by atoms with Gasteiger partial charge in [-0.25, -0.2) is 4.98 Å². The Balaban J connectivity index is 1.67. The molecule has 6 heteroatoms. The molecule has 0 radical (unpaired) electrons. The standard InChI is InChI=1S/C14H19ClN4O/c1-19-12-4-10(15)2-3-11(12)18-14(19)8-17-6-9-5-16-7-13(9)20/h2-4,9,13,16-17,20H,5-8H2,1H3. The number of imidazole rings is 1. The van der Waals surface area contributed by atoms with Crippen LogP contribution in [0.25, 0.3) is 11.0 Å². The van der Waals surface area contributed by atoms with E-state index in [2.05, 4.69) is 20.2 Å². The molecule has 2 aromatic rings. The lowest BCUT2D eigenvalue weighted by molar-refractivity contribution is 0.146. The second-order valence-corrected chi connectivity index (χ2v) is 5.77. The van der Waals surface area contributed by atoms with Gasteiger partial charge in [0.05, 0.1) is 23.7 Å². The molecule has 0 aliphatic carbocycles. The molecule has 3 N–H and O–H groups in total. The average Bonchev–Trinajstić information content (AvgIpc) is 2.96. The third-order valence-corrected chi connectivity index (χ3v) is 4.16. The van der Waals surface area contributed by atoms with Gasteiger partial charge in [-0.2, -0.15) is 0 Å². The summed E-state index contributed by atoms with van der Waals surface area (Å²) in [5, 5.41) is 17.0. The van der Waals surface area contributed by atoms with Crippen LogP contribution < -0.4 is 10.6 Å². The number of hydrogen-bond acceptors (Lipinski definition) is 4. The van der Waals surface area contributed by atoms with Crippen molar-refractivity contribution in [1.29, 1.82) is 0 Å². The van der Waals surface area contributed by atoms with Crippen molar-refractivity contribution in [3.8, 4) is 0 Å². The van der Waals surface area contributed by atoms with Crippen LogP contribution in [0.5, 0.6) is 0 Å². The largest absolute Gasteiger partial charge is 0.391 e. The molecular weight excluding hydrogens is 276 g/mol. The zero-order valence-corrected chi connectivity index (χ0v) is 12.2. The van der Waals surface area contributed by atoms with Gasteiger partial charge in [0.2, 0.25) is 0 Å². The maximum atomic E-state index is 9.75. The van der Waals surface area contributed by atoms with E-state index in [4.69, 9.17) is 11.6 Å². The average molecular weight is 295 g/mol. The molecule has 2 atom stereocenters. The summed E-state index contributed by atoms with van der Waals surface area (Å²) in [7, 11) is 1.99. The Morgan fingerprint density at radius 1 is 1.50 bits per heavy atom. The first-order valence-corrected chi connectivity index (χ1v) is 7.23. The molecule has 20 heavy (non-hydrogen) atoms. The summed E-state index contributed by atoms with van der Waals surface area (Å²) < 4.78 is 2.05. The van der Waals surface area contributed by atoms with Gasteiger partial charge in [0.25, 0.3) is 0 Å². The topological polar surface area (TPSA) is 62.1 Å². The van der Waals surface area contributed by atoms with Gasteiger partial charge in [-0.1, -0.05) is 11.6 Å². The number of aliphatic hydroxyl groups excluding tert-OH is 1. The van der Waals surface area contributed by atoms with Crippen LogP contribution in [-0.2, 0) is 13.6 Å². The lowest BCUT2D eigenvalue weighted by Gasteiger charge is -2.13. The fraction of sp³-hybridized carbons (Fsp3) is 0.500. The Morgan fingerprint density at radius 2 is 2.35 bits per heavy atom. The first kappa shape index (κ1) is 13.8. The number of benzene rings is 1. The summed E-state index contributed by atoms with van der Waals surface area (Å²) in [4.78, 5) is 4.60. The molecule has 0 bridgehead atoms. The quantitative estimate of drug-likeness (QED) is 0.784. The van der Waals surface area contributed by atoms with Crippen molar-refractivity contribution in [2.45, 2.75) is 12.6 Å². The maximum Gasteiger partial charge on any atom is 0.123 e. The number of rotatable bonds is 4. The monoisotopic (exact) mass is 294 g/mol. The molecule has 1 aromatic carbocycles. The number of nitrogens with one attached hydrogen (secondary N) is 2. The van der Waals surface area contributed by atoms with E-state index in [0.29, 0.717) is 13.1 Å². The highest BCUT2D eigenvalue weighted by molar-refractivity contribution is 6.31. The van der Waals surface area contributed by atoms with Gasteiger partial charge in [0, 0.05) is 37.6 Å². The van der Waals surface area contributed by atoms with Crippen molar-refractivity contribution in [1.82, 2.24) is 20.2 Å². The summed E-state index contributed by atoms with van der Waals surface area (Å²) in [6, 6.07) is 5.72. The Morgan fingerprint density at radius 3 is 3.10 bits per heavy atom. The summed E-state index contributed by atoms with van der Waals surface area (Å²) >= 11 is 6.01. The van der Waals surface area contributed by atoms with Crippen molar-refractivity contribution in [2.75, 3.05) is 19.6 Å². The van der Waals surface area contributed by atoms with E-state index in [9.17, 15) is 5.11 Å². The van der Waals surface area contributed by atoms with Crippen molar-refractivity contribution in [3.63, 3.8) is 0 Å². The molecule has 5 nitrogen and oxygen atoms in total. The number of hydrogen-bond donors (Lipinski definition) is 3. The predicted octanol–water partition coefficient (Wildman–Crippen LogP) is 0.897. The van der Waals surface area contributed by atoms with E-state index in [1.165, 1.54) is 0 Å². The molecule has 1 aliphatic rings. The van der Waals surface area contributed by atoms with E-state index in [1.807, 2.05) is 25.2 Å². The number of aryl methyl sites for hydroxylation is 1. The lowest BCUT2D eigenvalue weighted by atomic mass is 10.1. The smallest absolute Gasteiger partial charge is 0.123 e. The summed E-state index contributed by atoms with van der Waals surface area (Å²) in [5.74, 6) is 1.25. The van der Waals surface area contributed by atoms with E-state index in [1.54, 1.807) is 0 Å². The van der Waals surface area contributed by atoms with Gasteiger partial charge in [0.15, 0.2) is 0 Å². The highest BCUT2D eigenvalue weighted by Crippen LogP contribution is 2.19. The molecule has 1 saturated heterocycles. The molecule has 0 saturated carbocycles. The van der Waals surface area contributed by atoms with Gasteiger partial charge in [0.1, 0.15) is 5.82 Å². The first-order chi connectivity index (χ1) is 9.65. The normalized spacial score (nSPS) is 22.8. The molecule has 108 valence electrons. The van der Waals surface area contributed by atoms with Crippen molar-refractivity contribution in [2.24, 2.45) is 13.0 Å². The molecule has 1 aliphatic heterocycles. The Kier molecular flexibility index (Phi) is 3.94. The van der Waals surface area contributed by atoms with Crippen LogP contribution in [0.15, 0.2) is 18.2 Å². The predicted molar refractivity (Wildman–Crippen MR) is 79.8 cm³/mol. The van der Waals surface area contributed by atoms with Gasteiger partial charge < -0.3 is 20.3 Å². The minimum Gasteiger partial charge on any atom is -0.391 e. The fourth-order valence-electron chi connectivity index (χ4n) is 2.67. The number of fused-ring (bicyclic) bond motifs is 1. The number of nitrogens with zero attached hydrogens (tertiary/aromatic N) is 2. The number of halogens is 1. The molecular formula is C14H19ClN4O. The van der Waals surface area contributed by atoms with E-state index in [-0.39, 0.29) is 12.0 Å². The SMILES string of the molecule is Cn1c(CNCC2CNCC2O)nc2ccc(Cl)cc21. The van der Waals surface area contributed by atoms with Gasteiger partial charge >= 0.3 is 0 Å². The Labute approximate surface area is 122 Å². The second-order valence-electron chi connectivity index (χ2n) is 5.34. The minimum absolute atomic E-state index is 0.248. The number of aromatic nitrogens is 2. The molecule has 1 fully saturated rings. The Bertz CT molecular complexity index is 612. The molecule has 2 heterocycles. The van der Waals surface area contributed by atoms with Crippen LogP contribution in [0.2, 0.25) is 5.02 Å². The molecule has 0 spiro atoms. The number of aliphatic hydroxyl groups is 1. The van der Waals surface area contributed by atoms with Crippen molar-refractivity contribution >= 4 is 22.6 Å². The highest BCUT2D eigenvalue weighted by Gasteiger charge is 2.24. The van der Waals surface area contributed by atoms with Crippen LogP contribution in [-0.4, -0.2) is 40.4 Å². The third kappa shape index (κ3) is 2.67. The highest BCUT2D eigenvalue weighted by atomic mass is 35.5. The first-order valence-electron chi connectivity index (χ1n) is 6.85. The van der Waals surface area contributed by atoms with Gasteiger partial charge in [-0.15, -0.1) is 0 Å². The lowest BCUT2D eigenvalue weighted by Crippen LogP contribution is -2.30. The van der Waals surface area contributed by atoms with E-state index >= 15 is 0 Å². The minimum atomic E-state index is -0.248. The van der Waals surface area contributed by atoms with Gasteiger partial charge in [-0.05, 0) is 18.2 Å². The van der Waals surface area contributed by atoms with Crippen LogP contribution in [0.1, 0.15) is 5.82 Å². The van der Waals surface area contributed by atoms with Crippen LogP contribution >= 0.6 is 11.6 Å². The fourth-order valence-corrected chi connectivity index (χ4v) is 2.83. The van der Waals surface area contributed by atoms with Crippen LogP contribution in [0.4, 0.5) is 0 Å². The van der Waals surface area contributed by atoms with Gasteiger partial charge in [-0.3, -0.25) is 0 Å².